The van der Waals surface area contributed by atoms with Crippen LogP contribution in [0.1, 0.15) is 36.5 Å². The molecule has 3 rings (SSSR count). The fourth-order valence-electron chi connectivity index (χ4n) is 3.42. The zero-order valence-corrected chi connectivity index (χ0v) is 11.4. The van der Waals surface area contributed by atoms with Gasteiger partial charge >= 0.3 is 0 Å². The quantitative estimate of drug-likeness (QED) is 0.645. The van der Waals surface area contributed by atoms with Gasteiger partial charge in [0.2, 0.25) is 0 Å². The van der Waals surface area contributed by atoms with Gasteiger partial charge in [0.1, 0.15) is 0 Å². The number of hydrogen-bond acceptors (Lipinski definition) is 4. The van der Waals surface area contributed by atoms with Crippen LogP contribution < -0.4 is 11.1 Å². The van der Waals surface area contributed by atoms with Gasteiger partial charge in [0.15, 0.2) is 5.78 Å². The number of fused-ring (bicyclic) bond motifs is 1. The second-order valence-electron chi connectivity index (χ2n) is 5.64. The van der Waals surface area contributed by atoms with Gasteiger partial charge in [0, 0.05) is 35.6 Å². The van der Waals surface area contributed by atoms with Gasteiger partial charge in [-0.05, 0) is 50.9 Å². The minimum atomic E-state index is 0.0232. The lowest BCUT2D eigenvalue weighted by Gasteiger charge is -2.22. The Morgan fingerprint density at radius 1 is 1.37 bits per heavy atom. The molecule has 0 aliphatic carbocycles. The Kier molecular flexibility index (Phi) is 3.19. The van der Waals surface area contributed by atoms with Gasteiger partial charge in [-0.25, -0.2) is 0 Å². The fourth-order valence-corrected chi connectivity index (χ4v) is 3.42. The molecule has 2 fully saturated rings. The molecule has 0 saturated carbocycles. The molecular formula is C15H21N3O. The average Bonchev–Trinajstić information content (AvgIpc) is 2.96. The monoisotopic (exact) mass is 259 g/mol. The Balaban J connectivity index is 1.76. The second-order valence-corrected chi connectivity index (χ2v) is 5.64. The molecule has 19 heavy (non-hydrogen) atoms. The van der Waals surface area contributed by atoms with Gasteiger partial charge in [0.05, 0.1) is 0 Å². The normalized spacial score (nSPS) is 26.4. The van der Waals surface area contributed by atoms with E-state index in [1.54, 1.807) is 6.92 Å². The number of anilines is 2. The summed E-state index contributed by atoms with van der Waals surface area (Å²) in [6.45, 7) is 3.99. The lowest BCUT2D eigenvalue weighted by Crippen LogP contribution is -2.33. The van der Waals surface area contributed by atoms with Gasteiger partial charge in [-0.1, -0.05) is 0 Å². The predicted molar refractivity (Wildman–Crippen MR) is 77.5 cm³/mol. The molecule has 0 aromatic heterocycles. The van der Waals surface area contributed by atoms with E-state index >= 15 is 0 Å². The van der Waals surface area contributed by atoms with Crippen LogP contribution in [0.25, 0.3) is 0 Å². The Labute approximate surface area is 114 Å². The Morgan fingerprint density at radius 2 is 2.21 bits per heavy atom. The molecule has 102 valence electrons. The first-order valence-electron chi connectivity index (χ1n) is 7.06. The molecule has 1 aromatic rings. The molecule has 2 heterocycles. The van der Waals surface area contributed by atoms with E-state index < -0.39 is 0 Å². The van der Waals surface area contributed by atoms with Crippen LogP contribution in [0.4, 0.5) is 11.4 Å². The van der Waals surface area contributed by atoms with E-state index in [0.29, 0.717) is 23.3 Å². The highest BCUT2D eigenvalue weighted by Crippen LogP contribution is 2.30. The van der Waals surface area contributed by atoms with Crippen LogP contribution in [-0.4, -0.2) is 35.9 Å². The number of ketones is 1. The lowest BCUT2D eigenvalue weighted by molar-refractivity contribution is 0.101. The largest absolute Gasteiger partial charge is 0.398 e. The van der Waals surface area contributed by atoms with E-state index in [4.69, 9.17) is 5.73 Å². The van der Waals surface area contributed by atoms with E-state index in [1.807, 2.05) is 18.2 Å². The number of nitrogens with one attached hydrogen (secondary N) is 1. The number of nitrogen functional groups attached to an aromatic ring is 1. The Morgan fingerprint density at radius 3 is 3.00 bits per heavy atom. The summed E-state index contributed by atoms with van der Waals surface area (Å²) in [5, 5.41) is 3.59. The molecular weight excluding hydrogens is 238 g/mol. The van der Waals surface area contributed by atoms with Crippen molar-refractivity contribution >= 4 is 17.2 Å². The van der Waals surface area contributed by atoms with Crippen molar-refractivity contribution in [2.24, 2.45) is 0 Å². The minimum absolute atomic E-state index is 0.0232. The number of Topliss-reactive ketones (excluding diaryl/α,β-unsaturated/α-hetero) is 1. The summed E-state index contributed by atoms with van der Waals surface area (Å²) in [6, 6.07) is 6.85. The minimum Gasteiger partial charge on any atom is -0.398 e. The molecule has 4 nitrogen and oxygen atoms in total. The first-order chi connectivity index (χ1) is 9.15. The maximum atomic E-state index is 11.5. The molecule has 0 spiro atoms. The average molecular weight is 259 g/mol. The molecule has 0 radical (unpaired) electrons. The topological polar surface area (TPSA) is 58.4 Å². The standard InChI is InChI=1S/C15H21N3O/c1-10(19)12-9-11(4-5-13(12)16)17-14-6-8-18-7-2-3-15(14)18/h4-5,9,14-15,17H,2-3,6-8,16H2,1H3. The maximum Gasteiger partial charge on any atom is 0.161 e. The third-order valence-electron chi connectivity index (χ3n) is 4.39. The van der Waals surface area contributed by atoms with Crippen LogP contribution in [0.5, 0.6) is 0 Å². The van der Waals surface area contributed by atoms with Crippen LogP contribution in [0.15, 0.2) is 18.2 Å². The number of benzene rings is 1. The van der Waals surface area contributed by atoms with Crippen LogP contribution >= 0.6 is 0 Å². The summed E-state index contributed by atoms with van der Waals surface area (Å²) in [4.78, 5) is 14.1. The lowest BCUT2D eigenvalue weighted by atomic mass is 10.0. The zero-order valence-electron chi connectivity index (χ0n) is 11.4. The van der Waals surface area contributed by atoms with Gasteiger partial charge < -0.3 is 11.1 Å². The van der Waals surface area contributed by atoms with Gasteiger partial charge in [-0.2, -0.15) is 0 Å². The van der Waals surface area contributed by atoms with E-state index in [-0.39, 0.29) is 5.78 Å². The summed E-state index contributed by atoms with van der Waals surface area (Å²) in [5.74, 6) is 0.0232. The van der Waals surface area contributed by atoms with Crippen LogP contribution in [0, 0.1) is 0 Å². The number of carbonyl (C=O) groups is 1. The van der Waals surface area contributed by atoms with Gasteiger partial charge in [0.25, 0.3) is 0 Å². The summed E-state index contributed by atoms with van der Waals surface area (Å²) in [6.07, 6.45) is 3.78. The highest BCUT2D eigenvalue weighted by Gasteiger charge is 2.36. The molecule has 2 aliphatic rings. The summed E-state index contributed by atoms with van der Waals surface area (Å²) >= 11 is 0. The molecule has 1 aromatic carbocycles. The van der Waals surface area contributed by atoms with Crippen LogP contribution in [0.3, 0.4) is 0 Å². The first-order valence-corrected chi connectivity index (χ1v) is 7.06. The molecule has 3 N–H and O–H groups in total. The third-order valence-corrected chi connectivity index (χ3v) is 4.39. The van der Waals surface area contributed by atoms with Crippen molar-refractivity contribution in [3.63, 3.8) is 0 Å². The van der Waals surface area contributed by atoms with E-state index in [1.165, 1.54) is 32.4 Å². The SMILES string of the molecule is CC(=O)c1cc(NC2CCN3CCCC23)ccc1N. The van der Waals surface area contributed by atoms with Gasteiger partial charge in [-0.3, -0.25) is 9.69 Å². The number of nitrogens with two attached hydrogens (primary N) is 1. The Hall–Kier alpha value is -1.55. The summed E-state index contributed by atoms with van der Waals surface area (Å²) < 4.78 is 0. The molecule has 0 bridgehead atoms. The molecule has 2 aliphatic heterocycles. The molecule has 2 atom stereocenters. The second kappa shape index (κ2) is 4.85. The number of hydrogen-bond donors (Lipinski definition) is 2. The molecule has 2 saturated heterocycles. The number of rotatable bonds is 3. The van der Waals surface area contributed by atoms with Crippen molar-refractivity contribution in [2.45, 2.75) is 38.3 Å². The van der Waals surface area contributed by atoms with Crippen molar-refractivity contribution < 1.29 is 4.79 Å². The third kappa shape index (κ3) is 2.32. The van der Waals surface area contributed by atoms with Crippen molar-refractivity contribution in [1.29, 1.82) is 0 Å². The Bertz CT molecular complexity index is 500. The predicted octanol–water partition coefficient (Wildman–Crippen LogP) is 2.12. The zero-order chi connectivity index (χ0) is 13.4. The van der Waals surface area contributed by atoms with Crippen LogP contribution in [-0.2, 0) is 0 Å². The van der Waals surface area contributed by atoms with Crippen molar-refractivity contribution in [1.82, 2.24) is 4.90 Å². The molecule has 0 amide bonds. The van der Waals surface area contributed by atoms with Gasteiger partial charge in [-0.15, -0.1) is 0 Å². The smallest absolute Gasteiger partial charge is 0.161 e. The summed E-state index contributed by atoms with van der Waals surface area (Å²) in [5.41, 5.74) is 8.02. The fraction of sp³-hybridized carbons (Fsp3) is 0.533. The van der Waals surface area contributed by atoms with Crippen molar-refractivity contribution in [2.75, 3.05) is 24.1 Å². The molecule has 2 unspecified atom stereocenters. The summed E-state index contributed by atoms with van der Waals surface area (Å²) in [7, 11) is 0. The van der Waals surface area contributed by atoms with E-state index in [2.05, 4.69) is 10.2 Å². The van der Waals surface area contributed by atoms with E-state index in [0.717, 1.165) is 5.69 Å². The molecule has 4 heteroatoms. The number of carbonyl (C=O) groups excluding carboxylic acids is 1. The van der Waals surface area contributed by atoms with Crippen LogP contribution in [0.2, 0.25) is 0 Å². The van der Waals surface area contributed by atoms with Crippen molar-refractivity contribution in [3.8, 4) is 0 Å². The highest BCUT2D eigenvalue weighted by atomic mass is 16.1. The first kappa shape index (κ1) is 12.5. The number of nitrogens with zero attached hydrogens (tertiary/aromatic N) is 1. The highest BCUT2D eigenvalue weighted by molar-refractivity contribution is 6.00. The maximum absolute atomic E-state index is 11.5. The van der Waals surface area contributed by atoms with E-state index in [9.17, 15) is 4.79 Å². The van der Waals surface area contributed by atoms with Crippen molar-refractivity contribution in [3.05, 3.63) is 23.8 Å².